The molecule has 0 radical (unpaired) electrons. The van der Waals surface area contributed by atoms with Crippen LogP contribution in [-0.4, -0.2) is 48.6 Å². The SMILES string of the molecule is CCN1CCC2(CC1)OC(=O)C(C)=C2C(=O)NCCc1ccc(Cl)cc1. The Bertz CT molecular complexity index is 719. The molecule has 0 bridgehead atoms. The summed E-state index contributed by atoms with van der Waals surface area (Å²) in [4.78, 5) is 27.3. The molecule has 1 aromatic rings. The quantitative estimate of drug-likeness (QED) is 0.803. The van der Waals surface area contributed by atoms with Crippen LogP contribution in [0.2, 0.25) is 5.02 Å². The number of rotatable bonds is 5. The van der Waals surface area contributed by atoms with Gasteiger partial charge in [-0.1, -0.05) is 30.7 Å². The normalized spacial score (nSPS) is 19.7. The third-order valence-corrected chi connectivity index (χ3v) is 5.63. The van der Waals surface area contributed by atoms with Crippen molar-refractivity contribution in [2.75, 3.05) is 26.2 Å². The van der Waals surface area contributed by atoms with Gasteiger partial charge < -0.3 is 15.0 Å². The van der Waals surface area contributed by atoms with Gasteiger partial charge in [0.05, 0.1) is 5.57 Å². The van der Waals surface area contributed by atoms with Crippen molar-refractivity contribution in [2.24, 2.45) is 0 Å². The first-order valence-corrected chi connectivity index (χ1v) is 9.52. The maximum atomic E-state index is 12.8. The highest BCUT2D eigenvalue weighted by Crippen LogP contribution is 2.40. The fourth-order valence-corrected chi connectivity index (χ4v) is 3.89. The zero-order chi connectivity index (χ0) is 18.7. The molecule has 1 amide bonds. The molecule has 2 heterocycles. The van der Waals surface area contributed by atoms with E-state index in [2.05, 4.69) is 17.1 Å². The van der Waals surface area contributed by atoms with Crippen LogP contribution in [0.5, 0.6) is 0 Å². The third-order valence-electron chi connectivity index (χ3n) is 5.38. The molecule has 0 unspecified atom stereocenters. The molecule has 0 atom stereocenters. The molecule has 0 aromatic heterocycles. The van der Waals surface area contributed by atoms with Crippen molar-refractivity contribution in [2.45, 2.75) is 38.7 Å². The topological polar surface area (TPSA) is 58.6 Å². The summed E-state index contributed by atoms with van der Waals surface area (Å²) < 4.78 is 5.69. The second-order valence-corrected chi connectivity index (χ2v) is 7.39. The van der Waals surface area contributed by atoms with Crippen LogP contribution in [0.4, 0.5) is 0 Å². The maximum Gasteiger partial charge on any atom is 0.335 e. The molecular formula is C20H25ClN2O3. The van der Waals surface area contributed by atoms with E-state index < -0.39 is 5.60 Å². The largest absolute Gasteiger partial charge is 0.450 e. The highest BCUT2D eigenvalue weighted by atomic mass is 35.5. The Morgan fingerprint density at radius 2 is 1.92 bits per heavy atom. The molecule has 0 saturated carbocycles. The van der Waals surface area contributed by atoms with Crippen molar-refractivity contribution < 1.29 is 14.3 Å². The van der Waals surface area contributed by atoms with Gasteiger partial charge in [0, 0.05) is 43.1 Å². The van der Waals surface area contributed by atoms with Crippen molar-refractivity contribution in [3.8, 4) is 0 Å². The van der Waals surface area contributed by atoms with E-state index in [1.165, 1.54) is 0 Å². The molecule has 1 fully saturated rings. The summed E-state index contributed by atoms with van der Waals surface area (Å²) in [5, 5.41) is 3.65. The fourth-order valence-electron chi connectivity index (χ4n) is 3.77. The number of nitrogens with zero attached hydrogens (tertiary/aromatic N) is 1. The Kier molecular flexibility index (Phi) is 5.68. The highest BCUT2D eigenvalue weighted by Gasteiger charge is 2.50. The van der Waals surface area contributed by atoms with Crippen molar-refractivity contribution in [3.05, 3.63) is 46.0 Å². The number of likely N-dealkylation sites (tertiary alicyclic amines) is 1. The molecule has 5 nitrogen and oxygen atoms in total. The van der Waals surface area contributed by atoms with Crippen LogP contribution >= 0.6 is 11.6 Å². The van der Waals surface area contributed by atoms with E-state index in [4.69, 9.17) is 16.3 Å². The monoisotopic (exact) mass is 376 g/mol. The minimum Gasteiger partial charge on any atom is -0.450 e. The predicted molar refractivity (Wildman–Crippen MR) is 101 cm³/mol. The maximum absolute atomic E-state index is 12.8. The first-order chi connectivity index (χ1) is 12.4. The van der Waals surface area contributed by atoms with E-state index in [0.29, 0.717) is 42.0 Å². The van der Waals surface area contributed by atoms with Crippen LogP contribution in [0.15, 0.2) is 35.4 Å². The van der Waals surface area contributed by atoms with Gasteiger partial charge >= 0.3 is 5.97 Å². The lowest BCUT2D eigenvalue weighted by Gasteiger charge is -2.39. The average molecular weight is 377 g/mol. The summed E-state index contributed by atoms with van der Waals surface area (Å²) in [5.74, 6) is -0.551. The smallest absolute Gasteiger partial charge is 0.335 e. The molecule has 140 valence electrons. The highest BCUT2D eigenvalue weighted by molar-refractivity contribution is 6.30. The lowest BCUT2D eigenvalue weighted by atomic mass is 9.82. The number of benzene rings is 1. The van der Waals surface area contributed by atoms with E-state index in [1.807, 2.05) is 24.3 Å². The number of esters is 1. The van der Waals surface area contributed by atoms with E-state index >= 15 is 0 Å². The number of nitrogens with one attached hydrogen (secondary N) is 1. The third kappa shape index (κ3) is 3.79. The summed E-state index contributed by atoms with van der Waals surface area (Å²) in [5.41, 5.74) is 1.32. The summed E-state index contributed by atoms with van der Waals surface area (Å²) in [6.45, 7) is 6.94. The second-order valence-electron chi connectivity index (χ2n) is 6.95. The molecule has 6 heteroatoms. The standard InChI is InChI=1S/C20H25ClN2O3/c1-3-23-12-9-20(10-13-23)17(14(2)19(25)26-20)18(24)22-11-8-15-4-6-16(21)7-5-15/h4-7H,3,8-13H2,1-2H3,(H,22,24). The molecule has 1 aromatic carbocycles. The second kappa shape index (κ2) is 7.80. The van der Waals surface area contributed by atoms with E-state index in [9.17, 15) is 9.59 Å². The Labute approximate surface area is 159 Å². The minimum absolute atomic E-state index is 0.188. The number of carbonyl (C=O) groups is 2. The number of halogens is 1. The lowest BCUT2D eigenvalue weighted by Crippen LogP contribution is -2.48. The van der Waals surface area contributed by atoms with Crippen molar-refractivity contribution >= 4 is 23.5 Å². The number of hydrogen-bond acceptors (Lipinski definition) is 4. The summed E-state index contributed by atoms with van der Waals surface area (Å²) in [6, 6.07) is 7.57. The van der Waals surface area contributed by atoms with Crippen LogP contribution in [0.25, 0.3) is 0 Å². The molecule has 1 N–H and O–H groups in total. The van der Waals surface area contributed by atoms with Crippen LogP contribution in [0, 0.1) is 0 Å². The zero-order valence-electron chi connectivity index (χ0n) is 15.3. The number of amides is 1. The van der Waals surface area contributed by atoms with Gasteiger partial charge in [-0.25, -0.2) is 4.79 Å². The first-order valence-electron chi connectivity index (χ1n) is 9.15. The van der Waals surface area contributed by atoms with Gasteiger partial charge in [0.15, 0.2) is 0 Å². The van der Waals surface area contributed by atoms with Gasteiger partial charge in [-0.3, -0.25) is 4.79 Å². The van der Waals surface area contributed by atoms with Crippen LogP contribution in [-0.2, 0) is 20.7 Å². The number of carbonyl (C=O) groups excluding carboxylic acids is 2. The molecule has 2 aliphatic heterocycles. The minimum atomic E-state index is -0.753. The van der Waals surface area contributed by atoms with Gasteiger partial charge in [0.2, 0.25) is 0 Å². The Balaban J connectivity index is 1.65. The molecule has 1 saturated heterocycles. The van der Waals surface area contributed by atoms with E-state index in [0.717, 1.165) is 25.2 Å². The predicted octanol–water partition coefficient (Wildman–Crippen LogP) is 2.73. The van der Waals surface area contributed by atoms with Gasteiger partial charge in [-0.15, -0.1) is 0 Å². The zero-order valence-corrected chi connectivity index (χ0v) is 16.1. The van der Waals surface area contributed by atoms with E-state index in [1.54, 1.807) is 6.92 Å². The number of ether oxygens (including phenoxy) is 1. The number of piperidine rings is 1. The van der Waals surface area contributed by atoms with Gasteiger partial charge in [0.25, 0.3) is 5.91 Å². The summed E-state index contributed by atoms with van der Waals surface area (Å²) in [6.07, 6.45) is 2.05. The molecule has 3 rings (SSSR count). The Morgan fingerprint density at radius 1 is 1.27 bits per heavy atom. The summed E-state index contributed by atoms with van der Waals surface area (Å²) >= 11 is 5.89. The van der Waals surface area contributed by atoms with Gasteiger partial charge in [-0.05, 0) is 37.6 Å². The molecule has 2 aliphatic rings. The molecule has 0 aliphatic carbocycles. The van der Waals surface area contributed by atoms with Crippen LogP contribution in [0.3, 0.4) is 0 Å². The van der Waals surface area contributed by atoms with E-state index in [-0.39, 0.29) is 11.9 Å². The average Bonchev–Trinajstić information content (AvgIpc) is 2.87. The fraction of sp³-hybridized carbons (Fsp3) is 0.500. The first kappa shape index (κ1) is 18.9. The molecule has 26 heavy (non-hydrogen) atoms. The molecular weight excluding hydrogens is 352 g/mol. The van der Waals surface area contributed by atoms with Crippen molar-refractivity contribution in [1.82, 2.24) is 10.2 Å². The van der Waals surface area contributed by atoms with Crippen LogP contribution in [0.1, 0.15) is 32.3 Å². The van der Waals surface area contributed by atoms with Crippen LogP contribution < -0.4 is 5.32 Å². The summed E-state index contributed by atoms with van der Waals surface area (Å²) in [7, 11) is 0. The lowest BCUT2D eigenvalue weighted by molar-refractivity contribution is -0.150. The van der Waals surface area contributed by atoms with Gasteiger partial charge in [0.1, 0.15) is 5.60 Å². The van der Waals surface area contributed by atoms with Gasteiger partial charge in [-0.2, -0.15) is 0 Å². The Morgan fingerprint density at radius 3 is 2.54 bits per heavy atom. The number of hydrogen-bond donors (Lipinski definition) is 1. The van der Waals surface area contributed by atoms with Crippen molar-refractivity contribution in [3.63, 3.8) is 0 Å². The Hall–Kier alpha value is -1.85. The van der Waals surface area contributed by atoms with Crippen molar-refractivity contribution in [1.29, 1.82) is 0 Å². The molecule has 1 spiro atoms.